The van der Waals surface area contributed by atoms with Crippen molar-refractivity contribution in [1.82, 2.24) is 14.8 Å². The molecule has 6 heteroatoms. The molecular weight excluding hydrogens is 260 g/mol. The summed E-state index contributed by atoms with van der Waals surface area (Å²) < 4.78 is 0. The summed E-state index contributed by atoms with van der Waals surface area (Å²) >= 11 is 1.75. The molecule has 1 aromatic rings. The van der Waals surface area contributed by atoms with Gasteiger partial charge in [0.25, 0.3) is 0 Å². The van der Waals surface area contributed by atoms with Crippen LogP contribution in [-0.4, -0.2) is 52.4 Å². The average molecular weight is 280 g/mol. The predicted molar refractivity (Wildman–Crippen MR) is 74.9 cm³/mol. The quantitative estimate of drug-likeness (QED) is 0.880. The Bertz CT molecular complexity index is 475. The van der Waals surface area contributed by atoms with Crippen LogP contribution in [0.2, 0.25) is 0 Å². The number of piperazine rings is 1. The summed E-state index contributed by atoms with van der Waals surface area (Å²) in [6.07, 6.45) is 3.66. The molecular formula is C13H20N4OS. The molecule has 0 spiro atoms. The number of carbonyl (C=O) groups excluding carboxylic acids is 1. The van der Waals surface area contributed by atoms with Crippen LogP contribution in [0.4, 0.5) is 0 Å². The molecule has 1 aliphatic carbocycles. The Balaban J connectivity index is 1.50. The maximum Gasteiger partial charge on any atom is 0.242 e. The van der Waals surface area contributed by atoms with Crippen LogP contribution in [-0.2, 0) is 11.3 Å². The first kappa shape index (κ1) is 13.0. The Kier molecular flexibility index (Phi) is 3.32. The molecule has 0 bridgehead atoms. The Labute approximate surface area is 117 Å². The molecule has 0 radical (unpaired) electrons. The minimum Gasteiger partial charge on any atom is -0.339 e. The number of thiazole rings is 1. The van der Waals surface area contributed by atoms with Crippen molar-refractivity contribution in [2.24, 2.45) is 5.73 Å². The van der Waals surface area contributed by atoms with Crippen LogP contribution in [0.3, 0.4) is 0 Å². The molecule has 0 atom stereocenters. The largest absolute Gasteiger partial charge is 0.339 e. The van der Waals surface area contributed by atoms with E-state index >= 15 is 0 Å². The van der Waals surface area contributed by atoms with Gasteiger partial charge in [-0.25, -0.2) is 4.98 Å². The highest BCUT2D eigenvalue weighted by Crippen LogP contribution is 2.34. The lowest BCUT2D eigenvalue weighted by Gasteiger charge is -2.35. The zero-order chi connectivity index (χ0) is 13.5. The minimum atomic E-state index is -0.517. The van der Waals surface area contributed by atoms with E-state index in [-0.39, 0.29) is 5.91 Å². The molecule has 3 rings (SSSR count). The fourth-order valence-electron chi connectivity index (χ4n) is 2.47. The highest BCUT2D eigenvalue weighted by atomic mass is 32.1. The first-order valence-electron chi connectivity index (χ1n) is 6.79. The first-order valence-corrected chi connectivity index (χ1v) is 7.60. The molecule has 1 saturated carbocycles. The van der Waals surface area contributed by atoms with Crippen molar-refractivity contribution >= 4 is 17.2 Å². The number of nitrogens with zero attached hydrogens (tertiary/aromatic N) is 3. The van der Waals surface area contributed by atoms with Gasteiger partial charge in [-0.1, -0.05) is 0 Å². The minimum absolute atomic E-state index is 0.154. The first-order chi connectivity index (χ1) is 9.07. The van der Waals surface area contributed by atoms with Gasteiger partial charge in [0.05, 0.1) is 10.5 Å². The van der Waals surface area contributed by atoms with Crippen molar-refractivity contribution in [1.29, 1.82) is 0 Å². The van der Waals surface area contributed by atoms with Gasteiger partial charge >= 0.3 is 0 Å². The Hall–Kier alpha value is -0.980. The third kappa shape index (κ3) is 2.80. The topological polar surface area (TPSA) is 62.5 Å². The predicted octanol–water partition coefficient (Wildman–Crippen LogP) is 0.587. The summed E-state index contributed by atoms with van der Waals surface area (Å²) in [5.41, 5.74) is 5.45. The molecule has 1 saturated heterocycles. The summed E-state index contributed by atoms with van der Waals surface area (Å²) in [6, 6.07) is 0. The van der Waals surface area contributed by atoms with E-state index in [4.69, 9.17) is 5.73 Å². The molecule has 2 aliphatic rings. The number of rotatable bonds is 3. The summed E-state index contributed by atoms with van der Waals surface area (Å²) in [5.74, 6) is 0.154. The van der Waals surface area contributed by atoms with Crippen LogP contribution in [0.25, 0.3) is 0 Å². The summed E-state index contributed by atoms with van der Waals surface area (Å²) in [7, 11) is 0. The molecule has 1 amide bonds. The Morgan fingerprint density at radius 2 is 2.11 bits per heavy atom. The van der Waals surface area contributed by atoms with Gasteiger partial charge < -0.3 is 10.6 Å². The van der Waals surface area contributed by atoms with Gasteiger partial charge in [-0.15, -0.1) is 11.3 Å². The number of aromatic nitrogens is 1. The molecule has 0 unspecified atom stereocenters. The van der Waals surface area contributed by atoms with Crippen molar-refractivity contribution in [3.05, 3.63) is 16.1 Å². The fourth-order valence-corrected chi connectivity index (χ4v) is 3.31. The molecule has 19 heavy (non-hydrogen) atoms. The molecule has 1 aliphatic heterocycles. The SMILES string of the molecule is Cc1ncc(CN2CCN(C(=O)C3(N)CC3)CC2)s1. The van der Waals surface area contributed by atoms with E-state index in [2.05, 4.69) is 9.88 Å². The second-order valence-corrected chi connectivity index (χ2v) is 6.89. The van der Waals surface area contributed by atoms with Crippen LogP contribution < -0.4 is 5.73 Å². The van der Waals surface area contributed by atoms with E-state index in [9.17, 15) is 4.79 Å². The zero-order valence-corrected chi connectivity index (χ0v) is 12.1. The number of amides is 1. The summed E-state index contributed by atoms with van der Waals surface area (Å²) in [4.78, 5) is 22.0. The highest BCUT2D eigenvalue weighted by molar-refractivity contribution is 7.11. The summed E-state index contributed by atoms with van der Waals surface area (Å²) in [5, 5.41) is 1.11. The Morgan fingerprint density at radius 1 is 1.42 bits per heavy atom. The number of aryl methyl sites for hydroxylation is 1. The number of hydrogen-bond donors (Lipinski definition) is 1. The number of nitrogens with two attached hydrogens (primary N) is 1. The lowest BCUT2D eigenvalue weighted by molar-refractivity contribution is -0.135. The third-order valence-electron chi connectivity index (χ3n) is 3.92. The maximum absolute atomic E-state index is 12.1. The van der Waals surface area contributed by atoms with Crippen LogP contribution in [0.5, 0.6) is 0 Å². The van der Waals surface area contributed by atoms with E-state index in [0.717, 1.165) is 50.6 Å². The van der Waals surface area contributed by atoms with E-state index in [1.165, 1.54) is 4.88 Å². The number of hydrogen-bond acceptors (Lipinski definition) is 5. The molecule has 1 aromatic heterocycles. The van der Waals surface area contributed by atoms with Crippen molar-refractivity contribution in [2.45, 2.75) is 31.8 Å². The number of carbonyl (C=O) groups is 1. The molecule has 2 N–H and O–H groups in total. The highest BCUT2D eigenvalue weighted by Gasteiger charge is 2.48. The van der Waals surface area contributed by atoms with Gasteiger partial charge in [0.2, 0.25) is 5.91 Å². The molecule has 5 nitrogen and oxygen atoms in total. The van der Waals surface area contributed by atoms with Crippen molar-refractivity contribution in [2.75, 3.05) is 26.2 Å². The molecule has 2 heterocycles. The monoisotopic (exact) mass is 280 g/mol. The van der Waals surface area contributed by atoms with Crippen LogP contribution in [0.1, 0.15) is 22.7 Å². The lowest BCUT2D eigenvalue weighted by atomic mass is 10.2. The normalized spacial score (nSPS) is 22.5. The van der Waals surface area contributed by atoms with Crippen molar-refractivity contribution < 1.29 is 4.79 Å². The van der Waals surface area contributed by atoms with E-state index in [0.29, 0.717) is 0 Å². The third-order valence-corrected chi connectivity index (χ3v) is 4.82. The second-order valence-electron chi connectivity index (χ2n) is 5.57. The van der Waals surface area contributed by atoms with E-state index in [1.807, 2.05) is 18.0 Å². The Morgan fingerprint density at radius 3 is 2.63 bits per heavy atom. The standard InChI is InChI=1S/C13H20N4OS/c1-10-15-8-11(19-10)9-16-4-6-17(7-5-16)12(18)13(14)2-3-13/h8H,2-7,9,14H2,1H3. The van der Waals surface area contributed by atoms with Crippen molar-refractivity contribution in [3.63, 3.8) is 0 Å². The lowest BCUT2D eigenvalue weighted by Crippen LogP contribution is -2.53. The van der Waals surface area contributed by atoms with Gasteiger partial charge in [0.15, 0.2) is 0 Å². The van der Waals surface area contributed by atoms with Crippen LogP contribution >= 0.6 is 11.3 Å². The second kappa shape index (κ2) is 4.85. The maximum atomic E-state index is 12.1. The smallest absolute Gasteiger partial charge is 0.242 e. The van der Waals surface area contributed by atoms with Crippen LogP contribution in [0.15, 0.2) is 6.20 Å². The fraction of sp³-hybridized carbons (Fsp3) is 0.692. The average Bonchev–Trinajstić information content (AvgIpc) is 3.03. The van der Waals surface area contributed by atoms with Gasteiger partial charge in [-0.3, -0.25) is 9.69 Å². The summed E-state index contributed by atoms with van der Waals surface area (Å²) in [6.45, 7) is 6.44. The van der Waals surface area contributed by atoms with E-state index in [1.54, 1.807) is 11.3 Å². The molecule has 0 aromatic carbocycles. The van der Waals surface area contributed by atoms with Gasteiger partial charge in [-0.2, -0.15) is 0 Å². The van der Waals surface area contributed by atoms with Crippen LogP contribution in [0, 0.1) is 6.92 Å². The van der Waals surface area contributed by atoms with Gasteiger partial charge in [0, 0.05) is 43.8 Å². The van der Waals surface area contributed by atoms with Gasteiger partial charge in [0.1, 0.15) is 0 Å². The molecule has 2 fully saturated rings. The van der Waals surface area contributed by atoms with E-state index < -0.39 is 5.54 Å². The zero-order valence-electron chi connectivity index (χ0n) is 11.3. The molecule has 104 valence electrons. The van der Waals surface area contributed by atoms with Crippen molar-refractivity contribution in [3.8, 4) is 0 Å². The van der Waals surface area contributed by atoms with Gasteiger partial charge in [-0.05, 0) is 19.8 Å².